The minimum Gasteiger partial charge on any atom is -0.462 e. The Morgan fingerprint density at radius 2 is 0.465 bits per heavy atom. The van der Waals surface area contributed by atoms with Crippen molar-refractivity contribution in [1.82, 2.24) is 0 Å². The van der Waals surface area contributed by atoms with Crippen LogP contribution in [0.25, 0.3) is 0 Å². The van der Waals surface area contributed by atoms with Crippen LogP contribution in [-0.4, -0.2) is 37.2 Å². The summed E-state index contributed by atoms with van der Waals surface area (Å²) in [6.45, 7) is 6.69. The second kappa shape index (κ2) is 60.7. The van der Waals surface area contributed by atoms with Crippen LogP contribution in [0.15, 0.2) is 12.2 Å². The van der Waals surface area contributed by atoms with E-state index in [0.717, 1.165) is 57.8 Å². The quantitative estimate of drug-likeness (QED) is 0.0261. The van der Waals surface area contributed by atoms with E-state index in [1.807, 2.05) is 0 Å². The summed E-state index contributed by atoms with van der Waals surface area (Å²) in [6.07, 6.45) is 70.9. The normalized spacial score (nSPS) is 12.0. The molecule has 71 heavy (non-hydrogen) atoms. The highest BCUT2D eigenvalue weighted by Gasteiger charge is 2.19. The van der Waals surface area contributed by atoms with Crippen molar-refractivity contribution in [2.24, 2.45) is 0 Å². The lowest BCUT2D eigenvalue weighted by atomic mass is 10.0. The van der Waals surface area contributed by atoms with E-state index in [2.05, 4.69) is 32.9 Å². The van der Waals surface area contributed by atoms with E-state index >= 15 is 0 Å². The van der Waals surface area contributed by atoms with Gasteiger partial charge in [-0.25, -0.2) is 0 Å². The Hall–Kier alpha value is -1.85. The molecule has 1 unspecified atom stereocenters. The van der Waals surface area contributed by atoms with Crippen molar-refractivity contribution < 1.29 is 28.6 Å². The smallest absolute Gasteiger partial charge is 0.306 e. The summed E-state index contributed by atoms with van der Waals surface area (Å²) < 4.78 is 16.9. The monoisotopic (exact) mass is 1000 g/mol. The SMILES string of the molecule is CCCCCCCCC/C=C\CCCCCCCCCC(=O)OC(COC(=O)CCCCCCCCCCCC)COC(=O)CCCCCCCCCCCCCCCCCCCCCCCCCCC. The summed E-state index contributed by atoms with van der Waals surface area (Å²) in [4.78, 5) is 38.2. The number of esters is 3. The van der Waals surface area contributed by atoms with Crippen LogP contribution in [0.4, 0.5) is 0 Å². The molecule has 0 fully saturated rings. The number of hydrogen-bond acceptors (Lipinski definition) is 6. The fraction of sp³-hybridized carbons (Fsp3) is 0.923. The third-order valence-corrected chi connectivity index (χ3v) is 14.8. The molecule has 420 valence electrons. The molecule has 6 heteroatoms. The molecular formula is C65H124O6. The maximum absolute atomic E-state index is 12.9. The Morgan fingerprint density at radius 1 is 0.268 bits per heavy atom. The molecule has 0 aliphatic heterocycles. The molecule has 6 nitrogen and oxygen atoms in total. The van der Waals surface area contributed by atoms with Gasteiger partial charge in [-0.15, -0.1) is 0 Å². The first-order chi connectivity index (χ1) is 35.0. The van der Waals surface area contributed by atoms with Crippen LogP contribution in [0.3, 0.4) is 0 Å². The van der Waals surface area contributed by atoms with Crippen LogP contribution in [0.1, 0.15) is 367 Å². The van der Waals surface area contributed by atoms with E-state index in [1.165, 1.54) is 270 Å². The van der Waals surface area contributed by atoms with Gasteiger partial charge < -0.3 is 14.2 Å². The van der Waals surface area contributed by atoms with Gasteiger partial charge in [0, 0.05) is 19.3 Å². The first-order valence-corrected chi connectivity index (χ1v) is 32.2. The Morgan fingerprint density at radius 3 is 0.704 bits per heavy atom. The molecular weight excluding hydrogens is 877 g/mol. The maximum Gasteiger partial charge on any atom is 0.306 e. The number of hydrogen-bond donors (Lipinski definition) is 0. The van der Waals surface area contributed by atoms with Gasteiger partial charge in [0.1, 0.15) is 13.2 Å². The molecule has 0 saturated carbocycles. The average Bonchev–Trinajstić information content (AvgIpc) is 3.37. The summed E-state index contributed by atoms with van der Waals surface area (Å²) in [5.41, 5.74) is 0. The van der Waals surface area contributed by atoms with Gasteiger partial charge in [-0.2, -0.15) is 0 Å². The largest absolute Gasteiger partial charge is 0.462 e. The van der Waals surface area contributed by atoms with Gasteiger partial charge in [-0.1, -0.05) is 315 Å². The molecule has 0 aromatic heterocycles. The molecule has 0 N–H and O–H groups in total. The Bertz CT molecular complexity index is 1100. The van der Waals surface area contributed by atoms with Crippen LogP contribution in [0.5, 0.6) is 0 Å². The molecule has 0 aliphatic carbocycles. The standard InChI is InChI=1S/C65H124O6/c1-4-7-10-13-16-19-22-24-26-28-30-31-32-33-34-35-36-38-39-41-43-46-49-52-55-58-64(67)70-61-62(60-69-63(66)57-54-51-48-45-21-18-15-12-9-6-3)71-65(68)59-56-53-50-47-44-42-40-37-29-27-25-23-20-17-14-11-8-5-2/h27,29,62H,4-26,28,30-61H2,1-3H3/b29-27-. The molecule has 0 saturated heterocycles. The second-order valence-electron chi connectivity index (χ2n) is 22.0. The fourth-order valence-corrected chi connectivity index (χ4v) is 9.91. The zero-order valence-corrected chi connectivity index (χ0v) is 48.3. The molecule has 0 aromatic rings. The highest BCUT2D eigenvalue weighted by molar-refractivity contribution is 5.71. The lowest BCUT2D eigenvalue weighted by Crippen LogP contribution is -2.30. The summed E-state index contributed by atoms with van der Waals surface area (Å²) in [5.74, 6) is -0.844. The first-order valence-electron chi connectivity index (χ1n) is 32.2. The van der Waals surface area contributed by atoms with E-state index < -0.39 is 6.10 Å². The second-order valence-corrected chi connectivity index (χ2v) is 22.0. The zero-order chi connectivity index (χ0) is 51.4. The van der Waals surface area contributed by atoms with E-state index in [-0.39, 0.29) is 31.1 Å². The predicted octanol–water partition coefficient (Wildman–Crippen LogP) is 21.7. The zero-order valence-electron chi connectivity index (χ0n) is 48.3. The van der Waals surface area contributed by atoms with Gasteiger partial charge >= 0.3 is 17.9 Å². The minimum absolute atomic E-state index is 0.0656. The van der Waals surface area contributed by atoms with Crippen LogP contribution in [0.2, 0.25) is 0 Å². The number of carbonyl (C=O) groups is 3. The van der Waals surface area contributed by atoms with Gasteiger partial charge in [0.25, 0.3) is 0 Å². The number of rotatable bonds is 60. The van der Waals surface area contributed by atoms with Crippen molar-refractivity contribution >= 4 is 17.9 Å². The van der Waals surface area contributed by atoms with Crippen molar-refractivity contribution in [3.8, 4) is 0 Å². The number of ether oxygens (including phenoxy) is 3. The first kappa shape index (κ1) is 69.2. The van der Waals surface area contributed by atoms with E-state index in [1.54, 1.807) is 0 Å². The molecule has 0 spiro atoms. The Kier molecular flexibility index (Phi) is 59.1. The van der Waals surface area contributed by atoms with Crippen molar-refractivity contribution in [1.29, 1.82) is 0 Å². The van der Waals surface area contributed by atoms with Crippen LogP contribution in [-0.2, 0) is 28.6 Å². The molecule has 1 atom stereocenters. The number of unbranched alkanes of at least 4 members (excludes halogenated alkanes) is 47. The van der Waals surface area contributed by atoms with E-state index in [4.69, 9.17) is 14.2 Å². The fourth-order valence-electron chi connectivity index (χ4n) is 9.91. The van der Waals surface area contributed by atoms with Crippen molar-refractivity contribution in [3.05, 3.63) is 12.2 Å². The van der Waals surface area contributed by atoms with Gasteiger partial charge in [0.15, 0.2) is 6.10 Å². The topological polar surface area (TPSA) is 78.9 Å². The summed E-state index contributed by atoms with van der Waals surface area (Å²) >= 11 is 0. The minimum atomic E-state index is -0.767. The van der Waals surface area contributed by atoms with Crippen LogP contribution in [0, 0.1) is 0 Å². The predicted molar refractivity (Wildman–Crippen MR) is 307 cm³/mol. The highest BCUT2D eigenvalue weighted by Crippen LogP contribution is 2.18. The van der Waals surface area contributed by atoms with Gasteiger partial charge in [0.2, 0.25) is 0 Å². The molecule has 0 aromatic carbocycles. The van der Waals surface area contributed by atoms with Gasteiger partial charge in [-0.05, 0) is 44.9 Å². The molecule has 0 radical (unpaired) electrons. The highest BCUT2D eigenvalue weighted by atomic mass is 16.6. The van der Waals surface area contributed by atoms with Crippen LogP contribution >= 0.6 is 0 Å². The maximum atomic E-state index is 12.9. The lowest BCUT2D eigenvalue weighted by molar-refractivity contribution is -0.167. The number of carbonyl (C=O) groups excluding carboxylic acids is 3. The third-order valence-electron chi connectivity index (χ3n) is 14.8. The molecule has 0 heterocycles. The van der Waals surface area contributed by atoms with E-state index in [0.29, 0.717) is 19.3 Å². The summed E-state index contributed by atoms with van der Waals surface area (Å²) in [6, 6.07) is 0. The number of allylic oxidation sites excluding steroid dienone is 2. The Labute approximate surface area is 443 Å². The summed E-state index contributed by atoms with van der Waals surface area (Å²) in [5, 5.41) is 0. The summed E-state index contributed by atoms with van der Waals surface area (Å²) in [7, 11) is 0. The van der Waals surface area contributed by atoms with Crippen LogP contribution < -0.4 is 0 Å². The lowest BCUT2D eigenvalue weighted by Gasteiger charge is -2.18. The van der Waals surface area contributed by atoms with Gasteiger partial charge in [-0.3, -0.25) is 14.4 Å². The van der Waals surface area contributed by atoms with Crippen molar-refractivity contribution in [2.45, 2.75) is 374 Å². The average molecular weight is 1000 g/mol. The van der Waals surface area contributed by atoms with Gasteiger partial charge in [0.05, 0.1) is 0 Å². The Balaban J connectivity index is 4.15. The van der Waals surface area contributed by atoms with E-state index in [9.17, 15) is 14.4 Å². The molecule has 0 aliphatic rings. The third kappa shape index (κ3) is 58.9. The molecule has 0 bridgehead atoms. The molecule has 0 rings (SSSR count). The molecule has 0 amide bonds. The van der Waals surface area contributed by atoms with Crippen molar-refractivity contribution in [3.63, 3.8) is 0 Å². The van der Waals surface area contributed by atoms with Crippen molar-refractivity contribution in [2.75, 3.05) is 13.2 Å².